The molecule has 1 amide bonds. The highest BCUT2D eigenvalue weighted by Gasteiger charge is 2.57. The Morgan fingerprint density at radius 2 is 2.19 bits per heavy atom. The Labute approximate surface area is 95.3 Å². The number of nitrogens with one attached hydrogen (secondary N) is 1. The number of rotatable bonds is 2. The molecule has 0 radical (unpaired) electrons. The Balaban J connectivity index is 1.61. The predicted molar refractivity (Wildman–Crippen MR) is 58.5 cm³/mol. The number of fused-ring (bicyclic) bond motifs is 1. The normalized spacial score (nSPS) is 31.2. The zero-order valence-corrected chi connectivity index (χ0v) is 9.15. The number of hydrogen-bond donors (Lipinski definition) is 3. The van der Waals surface area contributed by atoms with Gasteiger partial charge in [0.05, 0.1) is 0 Å². The van der Waals surface area contributed by atoms with Crippen molar-refractivity contribution in [2.45, 2.75) is 6.04 Å². The van der Waals surface area contributed by atoms with Gasteiger partial charge in [0, 0.05) is 31.0 Å². The number of nitrogens with two attached hydrogens (primary N) is 1. The Morgan fingerprint density at radius 3 is 2.69 bits per heavy atom. The molecule has 1 aliphatic heterocycles. The second kappa shape index (κ2) is 3.21. The lowest BCUT2D eigenvalue weighted by Gasteiger charge is -2.17. The molecule has 4 N–H and O–H groups in total. The molecule has 2 aliphatic rings. The van der Waals surface area contributed by atoms with Crippen molar-refractivity contribution >= 4 is 27.7 Å². The molecule has 1 aromatic heterocycles. The van der Waals surface area contributed by atoms with Crippen molar-refractivity contribution in [2.75, 3.05) is 23.7 Å². The molecule has 2 fully saturated rings. The van der Waals surface area contributed by atoms with Gasteiger partial charge in [-0.25, -0.2) is 4.79 Å². The van der Waals surface area contributed by atoms with E-state index in [2.05, 4.69) is 20.4 Å². The van der Waals surface area contributed by atoms with Gasteiger partial charge in [-0.15, -0.1) is 10.2 Å². The second-order valence-electron chi connectivity index (χ2n) is 4.13. The van der Waals surface area contributed by atoms with Gasteiger partial charge < -0.3 is 21.1 Å². The number of nitrogen functional groups attached to an aromatic ring is 1. The van der Waals surface area contributed by atoms with Gasteiger partial charge >= 0.3 is 6.09 Å². The fourth-order valence-corrected chi connectivity index (χ4v) is 3.02. The van der Waals surface area contributed by atoms with Crippen molar-refractivity contribution in [1.29, 1.82) is 0 Å². The van der Waals surface area contributed by atoms with E-state index in [0.29, 0.717) is 17.0 Å². The minimum Gasteiger partial charge on any atom is -0.465 e. The molecular formula is C8H11N5O2S. The van der Waals surface area contributed by atoms with Crippen LogP contribution in [0.3, 0.4) is 0 Å². The van der Waals surface area contributed by atoms with Crippen LogP contribution in [0.4, 0.5) is 15.1 Å². The first-order chi connectivity index (χ1) is 7.65. The van der Waals surface area contributed by atoms with Gasteiger partial charge in [-0.1, -0.05) is 11.3 Å². The summed E-state index contributed by atoms with van der Waals surface area (Å²) < 4.78 is 0. The largest absolute Gasteiger partial charge is 0.465 e. The maximum atomic E-state index is 10.5. The SMILES string of the molecule is Nc1nnc(N2C[C@@H]3[C@H](C2)[C@H]3NC(=O)O)s1. The summed E-state index contributed by atoms with van der Waals surface area (Å²) in [6.07, 6.45) is -0.939. The summed E-state index contributed by atoms with van der Waals surface area (Å²) in [5, 5.41) is 20.2. The van der Waals surface area contributed by atoms with Crippen LogP contribution >= 0.6 is 11.3 Å². The Morgan fingerprint density at radius 1 is 1.50 bits per heavy atom. The van der Waals surface area contributed by atoms with Crippen LogP contribution in [0.25, 0.3) is 0 Å². The smallest absolute Gasteiger partial charge is 0.404 e. The average molecular weight is 241 g/mol. The molecule has 1 saturated carbocycles. The van der Waals surface area contributed by atoms with Gasteiger partial charge in [0.1, 0.15) is 0 Å². The maximum absolute atomic E-state index is 10.5. The lowest BCUT2D eigenvalue weighted by atomic mass is 10.4. The Kier molecular flexibility index (Phi) is 1.93. The summed E-state index contributed by atoms with van der Waals surface area (Å²) in [4.78, 5) is 12.6. The molecule has 3 atom stereocenters. The van der Waals surface area contributed by atoms with E-state index in [-0.39, 0.29) is 6.04 Å². The van der Waals surface area contributed by atoms with Crippen LogP contribution < -0.4 is 16.0 Å². The third-order valence-corrected chi connectivity index (χ3v) is 4.00. The molecule has 0 spiro atoms. The van der Waals surface area contributed by atoms with Gasteiger partial charge in [0.15, 0.2) is 0 Å². The van der Waals surface area contributed by atoms with E-state index < -0.39 is 6.09 Å². The summed E-state index contributed by atoms with van der Waals surface area (Å²) >= 11 is 1.37. The zero-order valence-electron chi connectivity index (χ0n) is 8.33. The lowest BCUT2D eigenvalue weighted by Crippen LogP contribution is -2.33. The number of hydrogen-bond acceptors (Lipinski definition) is 6. The molecule has 16 heavy (non-hydrogen) atoms. The van der Waals surface area contributed by atoms with Gasteiger partial charge in [0.25, 0.3) is 0 Å². The van der Waals surface area contributed by atoms with Crippen LogP contribution in [0.1, 0.15) is 0 Å². The summed E-state index contributed by atoms with van der Waals surface area (Å²) in [6, 6.07) is 0.124. The van der Waals surface area contributed by atoms with E-state index >= 15 is 0 Å². The van der Waals surface area contributed by atoms with Gasteiger partial charge in [0.2, 0.25) is 10.3 Å². The number of carbonyl (C=O) groups is 1. The molecule has 0 aromatic carbocycles. The van der Waals surface area contributed by atoms with Gasteiger partial charge in [-0.2, -0.15) is 0 Å². The Hall–Kier alpha value is -1.57. The van der Waals surface area contributed by atoms with Gasteiger partial charge in [-0.05, 0) is 0 Å². The van der Waals surface area contributed by atoms with Crippen LogP contribution in [-0.4, -0.2) is 40.5 Å². The molecule has 1 saturated heterocycles. The number of piperidine rings is 1. The van der Waals surface area contributed by atoms with Crippen LogP contribution in [0.2, 0.25) is 0 Å². The van der Waals surface area contributed by atoms with Crippen molar-refractivity contribution in [3.63, 3.8) is 0 Å². The summed E-state index contributed by atoms with van der Waals surface area (Å²) in [5.74, 6) is 0.836. The van der Waals surface area contributed by atoms with Crippen LogP contribution in [0.5, 0.6) is 0 Å². The van der Waals surface area contributed by atoms with Crippen molar-refractivity contribution < 1.29 is 9.90 Å². The molecule has 3 rings (SSSR count). The summed E-state index contributed by atoms with van der Waals surface area (Å²) in [5.41, 5.74) is 5.51. The molecule has 0 bridgehead atoms. The standard InChI is InChI=1S/C8H11N5O2S/c9-6-11-12-7(16-6)13-1-3-4(2-13)5(3)10-8(14)15/h3-5,10H,1-2H2,(H2,9,11)(H,14,15)/t3-,4+,5+. The number of anilines is 2. The maximum Gasteiger partial charge on any atom is 0.404 e. The van der Waals surface area contributed by atoms with E-state index in [9.17, 15) is 4.79 Å². The van der Waals surface area contributed by atoms with Crippen LogP contribution in [-0.2, 0) is 0 Å². The van der Waals surface area contributed by atoms with Crippen molar-refractivity contribution in [2.24, 2.45) is 11.8 Å². The summed E-state index contributed by atoms with van der Waals surface area (Å²) in [6.45, 7) is 1.68. The number of aromatic nitrogens is 2. The van der Waals surface area contributed by atoms with E-state index in [1.54, 1.807) is 0 Å². The molecule has 2 heterocycles. The molecule has 7 nitrogen and oxygen atoms in total. The van der Waals surface area contributed by atoms with E-state index in [1.165, 1.54) is 11.3 Å². The Bertz CT molecular complexity index is 424. The highest BCUT2D eigenvalue weighted by Crippen LogP contribution is 2.47. The quantitative estimate of drug-likeness (QED) is 0.663. The molecule has 8 heteroatoms. The molecule has 1 aromatic rings. The third-order valence-electron chi connectivity index (χ3n) is 3.18. The average Bonchev–Trinajstić information content (AvgIpc) is 2.68. The first-order valence-corrected chi connectivity index (χ1v) is 5.80. The lowest BCUT2D eigenvalue weighted by molar-refractivity contribution is 0.192. The summed E-state index contributed by atoms with van der Waals surface area (Å²) in [7, 11) is 0. The highest BCUT2D eigenvalue weighted by molar-refractivity contribution is 7.18. The second-order valence-corrected chi connectivity index (χ2v) is 5.12. The third kappa shape index (κ3) is 1.45. The number of carboxylic acid groups (broad SMARTS) is 1. The zero-order chi connectivity index (χ0) is 11.3. The predicted octanol–water partition coefficient (Wildman–Crippen LogP) is -0.178. The highest BCUT2D eigenvalue weighted by atomic mass is 32.1. The number of amides is 1. The van der Waals surface area contributed by atoms with Crippen molar-refractivity contribution in [3.05, 3.63) is 0 Å². The molecule has 0 unspecified atom stereocenters. The van der Waals surface area contributed by atoms with Crippen LogP contribution in [0, 0.1) is 11.8 Å². The minimum atomic E-state index is -0.939. The van der Waals surface area contributed by atoms with Gasteiger partial charge in [-0.3, -0.25) is 0 Å². The van der Waals surface area contributed by atoms with Crippen LogP contribution in [0.15, 0.2) is 0 Å². The molecule has 86 valence electrons. The number of nitrogens with zero attached hydrogens (tertiary/aromatic N) is 3. The van der Waals surface area contributed by atoms with E-state index in [1.807, 2.05) is 0 Å². The first-order valence-electron chi connectivity index (χ1n) is 4.98. The molecule has 1 aliphatic carbocycles. The van der Waals surface area contributed by atoms with E-state index in [0.717, 1.165) is 18.2 Å². The fourth-order valence-electron chi connectivity index (χ4n) is 2.39. The van der Waals surface area contributed by atoms with E-state index in [4.69, 9.17) is 10.8 Å². The first kappa shape index (κ1) is 9.64. The minimum absolute atomic E-state index is 0.124. The molecular weight excluding hydrogens is 230 g/mol. The van der Waals surface area contributed by atoms with Crippen molar-refractivity contribution in [3.8, 4) is 0 Å². The topological polar surface area (TPSA) is 104 Å². The fraction of sp³-hybridized carbons (Fsp3) is 0.625. The van der Waals surface area contributed by atoms with Crippen molar-refractivity contribution in [1.82, 2.24) is 15.5 Å². The monoisotopic (exact) mass is 241 g/mol.